The van der Waals surface area contributed by atoms with Crippen molar-refractivity contribution >= 4 is 11.6 Å². The molecule has 7 heteroatoms. The van der Waals surface area contributed by atoms with Crippen LogP contribution in [0.1, 0.15) is 31.2 Å². The molecule has 0 radical (unpaired) electrons. The number of hydrogen-bond acceptors (Lipinski definition) is 4. The van der Waals surface area contributed by atoms with Crippen molar-refractivity contribution < 1.29 is 9.18 Å². The number of carbonyl (C=O) groups excluding carboxylic acids is 1. The van der Waals surface area contributed by atoms with Gasteiger partial charge in [0.2, 0.25) is 5.91 Å². The summed E-state index contributed by atoms with van der Waals surface area (Å²) in [6.45, 7) is 4.61. The van der Waals surface area contributed by atoms with Crippen molar-refractivity contribution in [3.8, 4) is 0 Å². The number of benzene rings is 1. The van der Waals surface area contributed by atoms with E-state index in [4.69, 9.17) is 0 Å². The van der Waals surface area contributed by atoms with E-state index in [-0.39, 0.29) is 24.2 Å². The largest absolute Gasteiger partial charge is 0.310 e. The van der Waals surface area contributed by atoms with E-state index in [0.29, 0.717) is 18.8 Å². The quantitative estimate of drug-likeness (QED) is 0.859. The van der Waals surface area contributed by atoms with E-state index in [9.17, 15) is 9.18 Å². The zero-order chi connectivity index (χ0) is 15.0. The number of nitrogens with zero attached hydrogens (tertiary/aromatic N) is 5. The lowest BCUT2D eigenvalue weighted by Gasteiger charge is -2.17. The standard InChI is InChI=1S/C14H16FN5O/c1-9(2)14-16-17-18-20(14)8-13(21)19-6-5-10-7-11(15)3-4-12(10)19/h3-4,7,9H,5-6,8H2,1-2H3. The first-order chi connectivity index (χ1) is 10.1. The van der Waals surface area contributed by atoms with Crippen molar-refractivity contribution in [3.05, 3.63) is 35.4 Å². The maximum Gasteiger partial charge on any atom is 0.248 e. The highest BCUT2D eigenvalue weighted by molar-refractivity contribution is 5.95. The molecular formula is C14H16FN5O. The molecule has 0 N–H and O–H groups in total. The average molecular weight is 289 g/mol. The molecule has 0 atom stereocenters. The minimum Gasteiger partial charge on any atom is -0.310 e. The van der Waals surface area contributed by atoms with Gasteiger partial charge in [-0.15, -0.1) is 5.10 Å². The number of carbonyl (C=O) groups is 1. The van der Waals surface area contributed by atoms with Gasteiger partial charge in [-0.2, -0.15) is 0 Å². The molecule has 1 amide bonds. The third-order valence-corrected chi connectivity index (χ3v) is 3.60. The molecule has 0 saturated carbocycles. The van der Waals surface area contributed by atoms with E-state index in [1.54, 1.807) is 11.0 Å². The van der Waals surface area contributed by atoms with Crippen LogP contribution in [0.15, 0.2) is 18.2 Å². The molecular weight excluding hydrogens is 273 g/mol. The number of fused-ring (bicyclic) bond motifs is 1. The molecule has 0 spiro atoms. The molecule has 1 aliphatic rings. The molecule has 2 heterocycles. The number of rotatable bonds is 3. The molecule has 0 fully saturated rings. The highest BCUT2D eigenvalue weighted by Gasteiger charge is 2.26. The topological polar surface area (TPSA) is 63.9 Å². The number of amides is 1. The maximum absolute atomic E-state index is 13.2. The summed E-state index contributed by atoms with van der Waals surface area (Å²) in [7, 11) is 0. The fourth-order valence-electron chi connectivity index (χ4n) is 2.58. The highest BCUT2D eigenvalue weighted by Crippen LogP contribution is 2.28. The number of halogens is 1. The SMILES string of the molecule is CC(C)c1nnnn1CC(=O)N1CCc2cc(F)ccc21. The lowest BCUT2D eigenvalue weighted by atomic mass is 10.1. The Bertz CT molecular complexity index is 682. The predicted octanol–water partition coefficient (Wildman–Crippen LogP) is 1.52. The molecule has 3 rings (SSSR count). The Labute approximate surface area is 121 Å². The van der Waals surface area contributed by atoms with Crippen molar-refractivity contribution in [1.29, 1.82) is 0 Å². The second-order valence-electron chi connectivity index (χ2n) is 5.42. The van der Waals surface area contributed by atoms with E-state index in [0.717, 1.165) is 11.3 Å². The van der Waals surface area contributed by atoms with Crippen LogP contribution in [0.4, 0.5) is 10.1 Å². The highest BCUT2D eigenvalue weighted by atomic mass is 19.1. The van der Waals surface area contributed by atoms with Crippen LogP contribution in [-0.2, 0) is 17.8 Å². The van der Waals surface area contributed by atoms with E-state index in [1.165, 1.54) is 16.8 Å². The first-order valence-corrected chi connectivity index (χ1v) is 6.91. The molecule has 21 heavy (non-hydrogen) atoms. The van der Waals surface area contributed by atoms with Gasteiger partial charge in [0.15, 0.2) is 5.82 Å². The Balaban J connectivity index is 1.80. The predicted molar refractivity (Wildman–Crippen MR) is 74.4 cm³/mol. The number of tetrazole rings is 1. The van der Waals surface area contributed by atoms with Crippen molar-refractivity contribution in [2.45, 2.75) is 32.7 Å². The van der Waals surface area contributed by atoms with Gasteiger partial charge >= 0.3 is 0 Å². The minimum atomic E-state index is -0.273. The first-order valence-electron chi connectivity index (χ1n) is 6.91. The lowest BCUT2D eigenvalue weighted by Crippen LogP contribution is -2.33. The molecule has 0 aliphatic carbocycles. The fourth-order valence-corrected chi connectivity index (χ4v) is 2.58. The maximum atomic E-state index is 13.2. The molecule has 0 saturated heterocycles. The summed E-state index contributed by atoms with van der Waals surface area (Å²) in [4.78, 5) is 14.1. The van der Waals surface area contributed by atoms with Gasteiger partial charge in [0.05, 0.1) is 0 Å². The minimum absolute atomic E-state index is 0.0884. The van der Waals surface area contributed by atoms with Gasteiger partial charge in [-0.1, -0.05) is 13.8 Å². The van der Waals surface area contributed by atoms with Crippen LogP contribution >= 0.6 is 0 Å². The molecule has 6 nitrogen and oxygen atoms in total. The lowest BCUT2D eigenvalue weighted by molar-refractivity contribution is -0.119. The van der Waals surface area contributed by atoms with E-state index < -0.39 is 0 Å². The molecule has 1 aliphatic heterocycles. The van der Waals surface area contributed by atoms with Crippen LogP contribution in [0.5, 0.6) is 0 Å². The van der Waals surface area contributed by atoms with E-state index in [1.807, 2.05) is 13.8 Å². The number of anilines is 1. The van der Waals surface area contributed by atoms with Gasteiger partial charge in [-0.3, -0.25) is 4.79 Å². The molecule has 0 bridgehead atoms. The number of hydrogen-bond donors (Lipinski definition) is 0. The third kappa shape index (κ3) is 2.51. The number of aromatic nitrogens is 4. The molecule has 0 unspecified atom stereocenters. The Morgan fingerprint density at radius 2 is 2.24 bits per heavy atom. The van der Waals surface area contributed by atoms with E-state index >= 15 is 0 Å². The summed E-state index contributed by atoms with van der Waals surface area (Å²) in [6.07, 6.45) is 0.672. The first kappa shape index (κ1) is 13.7. The second-order valence-corrected chi connectivity index (χ2v) is 5.42. The van der Waals surface area contributed by atoms with Crippen LogP contribution < -0.4 is 4.90 Å². The molecule has 1 aromatic carbocycles. The van der Waals surface area contributed by atoms with Gasteiger partial charge in [-0.05, 0) is 40.6 Å². The zero-order valence-electron chi connectivity index (χ0n) is 12.0. The Kier molecular flexibility index (Phi) is 3.40. The summed E-state index contributed by atoms with van der Waals surface area (Å²) in [5, 5.41) is 11.4. The Hall–Kier alpha value is -2.31. The van der Waals surface area contributed by atoms with Gasteiger partial charge in [0, 0.05) is 18.2 Å². The second kappa shape index (κ2) is 5.23. The van der Waals surface area contributed by atoms with Crippen LogP contribution in [0.25, 0.3) is 0 Å². The third-order valence-electron chi connectivity index (χ3n) is 3.60. The van der Waals surface area contributed by atoms with Crippen LogP contribution in [0.2, 0.25) is 0 Å². The summed E-state index contributed by atoms with van der Waals surface area (Å²) in [6, 6.07) is 4.51. The Morgan fingerprint density at radius 3 is 3.00 bits per heavy atom. The van der Waals surface area contributed by atoms with Crippen molar-refractivity contribution in [2.24, 2.45) is 0 Å². The van der Waals surface area contributed by atoms with Crippen molar-refractivity contribution in [3.63, 3.8) is 0 Å². The molecule has 1 aromatic heterocycles. The fraction of sp³-hybridized carbons (Fsp3) is 0.429. The van der Waals surface area contributed by atoms with Crippen molar-refractivity contribution in [1.82, 2.24) is 20.2 Å². The van der Waals surface area contributed by atoms with Gasteiger partial charge in [-0.25, -0.2) is 9.07 Å². The van der Waals surface area contributed by atoms with Crippen LogP contribution in [-0.4, -0.2) is 32.7 Å². The molecule has 110 valence electrons. The average Bonchev–Trinajstić information content (AvgIpc) is 3.04. The van der Waals surface area contributed by atoms with Gasteiger partial charge in [0.1, 0.15) is 12.4 Å². The normalized spacial score (nSPS) is 13.8. The summed E-state index contributed by atoms with van der Waals surface area (Å²) in [5.74, 6) is 0.467. The summed E-state index contributed by atoms with van der Waals surface area (Å²) < 4.78 is 14.7. The molecule has 2 aromatic rings. The van der Waals surface area contributed by atoms with Crippen LogP contribution in [0.3, 0.4) is 0 Å². The monoisotopic (exact) mass is 289 g/mol. The zero-order valence-corrected chi connectivity index (χ0v) is 12.0. The smallest absolute Gasteiger partial charge is 0.248 e. The van der Waals surface area contributed by atoms with Gasteiger partial charge in [0.25, 0.3) is 0 Å². The van der Waals surface area contributed by atoms with E-state index in [2.05, 4.69) is 15.5 Å². The summed E-state index contributed by atoms with van der Waals surface area (Å²) in [5.41, 5.74) is 1.64. The van der Waals surface area contributed by atoms with Crippen LogP contribution in [0, 0.1) is 5.82 Å². The van der Waals surface area contributed by atoms with Crippen molar-refractivity contribution in [2.75, 3.05) is 11.4 Å². The van der Waals surface area contributed by atoms with Gasteiger partial charge < -0.3 is 4.90 Å². The Morgan fingerprint density at radius 1 is 1.43 bits per heavy atom. The summed E-state index contributed by atoms with van der Waals surface area (Å²) >= 11 is 0.